The molecule has 0 aliphatic heterocycles. The van der Waals surface area contributed by atoms with Crippen molar-refractivity contribution in [3.63, 3.8) is 0 Å². The quantitative estimate of drug-likeness (QED) is 0.291. The van der Waals surface area contributed by atoms with Crippen LogP contribution in [0.4, 0.5) is 0 Å². The first-order valence-corrected chi connectivity index (χ1v) is 12.1. The molecule has 0 saturated heterocycles. The van der Waals surface area contributed by atoms with Gasteiger partial charge in [-0.3, -0.25) is 0 Å². The summed E-state index contributed by atoms with van der Waals surface area (Å²) in [4.78, 5) is 0. The summed E-state index contributed by atoms with van der Waals surface area (Å²) in [6.07, 6.45) is 6.53. The van der Waals surface area contributed by atoms with Crippen molar-refractivity contribution < 1.29 is 15.9 Å². The summed E-state index contributed by atoms with van der Waals surface area (Å²) in [5.41, 5.74) is 0. The normalized spacial score (nSPS) is 12.7. The van der Waals surface area contributed by atoms with Gasteiger partial charge in [0.25, 0.3) is 0 Å². The average Bonchev–Trinajstić information content (AvgIpc) is 2.14. The summed E-state index contributed by atoms with van der Waals surface area (Å²) in [6, 6.07) is 0. The average molecular weight is 405 g/mol. The second kappa shape index (κ2) is 9.16. The van der Waals surface area contributed by atoms with Gasteiger partial charge in [-0.1, -0.05) is 25.3 Å². The van der Waals surface area contributed by atoms with Gasteiger partial charge in [0.05, 0.1) is 22.6 Å². The van der Waals surface area contributed by atoms with Gasteiger partial charge in [0.2, 0.25) is 0 Å². The summed E-state index contributed by atoms with van der Waals surface area (Å²) in [7, 11) is 8.53. The van der Waals surface area contributed by atoms with Crippen molar-refractivity contribution in [1.29, 1.82) is 0 Å². The number of allylic oxidation sites excluding steroid dienone is 2. The van der Waals surface area contributed by atoms with E-state index in [0.29, 0.717) is 10.3 Å². The van der Waals surface area contributed by atoms with E-state index in [-0.39, 0.29) is 15.9 Å². The van der Waals surface area contributed by atoms with Crippen LogP contribution in [0.15, 0.2) is 25.3 Å². The van der Waals surface area contributed by atoms with Crippen LogP contribution < -0.4 is 0 Å². The van der Waals surface area contributed by atoms with Crippen molar-refractivity contribution in [2.75, 3.05) is 12.3 Å². The molecule has 0 bridgehead atoms. The first kappa shape index (κ1) is 21.5. The van der Waals surface area contributed by atoms with Crippen LogP contribution in [-0.2, 0) is 15.9 Å². The van der Waals surface area contributed by atoms with Gasteiger partial charge in [0, 0.05) is 7.26 Å². The van der Waals surface area contributed by atoms with E-state index in [1.54, 1.807) is 0 Å². The zero-order chi connectivity index (χ0) is 15.0. The number of rotatable bonds is 4. The third kappa shape index (κ3) is 6.07. The number of halogens is 2. The van der Waals surface area contributed by atoms with Crippen molar-refractivity contribution in [2.24, 2.45) is 0 Å². The molecule has 0 nitrogen and oxygen atoms in total. The summed E-state index contributed by atoms with van der Waals surface area (Å²) < 4.78 is 0. The molecule has 0 aliphatic carbocycles. The minimum absolute atomic E-state index is 0.106. The first-order valence-electron chi connectivity index (χ1n) is 5.95. The molecule has 0 heterocycles. The Morgan fingerprint density at radius 3 is 1.22 bits per heavy atom. The third-order valence-corrected chi connectivity index (χ3v) is 10.3. The molecule has 0 spiro atoms. The van der Waals surface area contributed by atoms with E-state index >= 15 is 0 Å². The fraction of sp³-hybridized carbons (Fsp3) is 0.714. The Hall–Kier alpha value is 1.15. The summed E-state index contributed by atoms with van der Waals surface area (Å²) in [5.74, 6) is 0. The predicted octanol–water partition coefficient (Wildman–Crippen LogP) is 6.35. The van der Waals surface area contributed by atoms with Crippen LogP contribution in [0.25, 0.3) is 0 Å². The Kier molecular flexibility index (Phi) is 10.9. The van der Waals surface area contributed by atoms with Gasteiger partial charge in [0.15, 0.2) is 0 Å². The van der Waals surface area contributed by atoms with Crippen molar-refractivity contribution in [3.05, 3.63) is 25.3 Å². The van der Waals surface area contributed by atoms with Crippen LogP contribution in [-0.4, -0.2) is 22.6 Å². The zero-order valence-corrected chi connectivity index (χ0v) is 16.5. The van der Waals surface area contributed by atoms with E-state index in [1.807, 2.05) is 0 Å². The predicted molar refractivity (Wildman–Crippen MR) is 88.3 cm³/mol. The molecule has 0 aromatic heterocycles. The van der Waals surface area contributed by atoms with Gasteiger partial charge in [-0.25, -0.2) is 0 Å². The fourth-order valence-electron chi connectivity index (χ4n) is 2.62. The van der Waals surface area contributed by atoms with Crippen molar-refractivity contribution in [3.8, 4) is 0 Å². The van der Waals surface area contributed by atoms with E-state index in [0.717, 1.165) is 12.3 Å². The van der Waals surface area contributed by atoms with Crippen LogP contribution in [0.1, 0.15) is 41.5 Å². The van der Waals surface area contributed by atoms with Gasteiger partial charge in [-0.15, -0.1) is 0 Å². The maximum absolute atomic E-state index is 4.81. The molecule has 0 aromatic carbocycles. The molecule has 0 fully saturated rings. The maximum atomic E-state index is 4.81. The minimum atomic E-state index is -1.10. The third-order valence-electron chi connectivity index (χ3n) is 3.45. The molecule has 0 aromatic rings. The van der Waals surface area contributed by atoms with Crippen LogP contribution in [0.3, 0.4) is 0 Å². The molecule has 0 saturated carbocycles. The van der Waals surface area contributed by atoms with Gasteiger partial charge in [-0.2, -0.15) is 0 Å². The monoisotopic (exact) mass is 403 g/mol. The SMILES string of the molecule is C=CC[P+](CC=C)(C(C)(C)C)C(C)(C)C.[Cl][Pd][Cl]. The van der Waals surface area contributed by atoms with Crippen molar-refractivity contribution >= 4 is 26.3 Å². The molecule has 0 aliphatic rings. The Labute approximate surface area is 131 Å². The van der Waals surface area contributed by atoms with Gasteiger partial charge in [0.1, 0.15) is 0 Å². The standard InChI is InChI=1S/C14H28P.2ClH.Pd/c1-9-11-15(12-10-2,13(3,4)5)14(6,7)8;;;/h9-10H,1-2,11-12H2,3-8H3;2*1H;/q+1;;;+2/p-2. The van der Waals surface area contributed by atoms with Crippen LogP contribution >= 0.6 is 26.3 Å². The molecule has 0 rings (SSSR count). The molecular weight excluding hydrogens is 376 g/mol. The number of hydrogen-bond donors (Lipinski definition) is 0. The molecule has 4 heteroatoms. The Bertz CT molecular complexity index is 226. The van der Waals surface area contributed by atoms with Gasteiger partial charge < -0.3 is 0 Å². The second-order valence-electron chi connectivity index (χ2n) is 6.30. The Balaban J connectivity index is 0. The Morgan fingerprint density at radius 1 is 0.889 bits per heavy atom. The van der Waals surface area contributed by atoms with Crippen LogP contribution in [0.2, 0.25) is 0 Å². The van der Waals surface area contributed by atoms with E-state index in [4.69, 9.17) is 19.1 Å². The topological polar surface area (TPSA) is 0 Å². The van der Waals surface area contributed by atoms with E-state index < -0.39 is 7.26 Å². The summed E-state index contributed by atoms with van der Waals surface area (Å²) >= 11 is -0.106. The van der Waals surface area contributed by atoms with Crippen LogP contribution in [0.5, 0.6) is 0 Å². The van der Waals surface area contributed by atoms with Crippen molar-refractivity contribution in [1.82, 2.24) is 0 Å². The van der Waals surface area contributed by atoms with E-state index in [1.165, 1.54) is 0 Å². The molecular formula is C14H28Cl2PPd+. The molecule has 0 radical (unpaired) electrons. The second-order valence-corrected chi connectivity index (χ2v) is 14.0. The van der Waals surface area contributed by atoms with E-state index in [9.17, 15) is 0 Å². The molecule has 0 unspecified atom stereocenters. The van der Waals surface area contributed by atoms with Gasteiger partial charge >= 0.3 is 35.0 Å². The molecule has 0 amide bonds. The first-order chi connectivity index (χ1) is 8.04. The zero-order valence-electron chi connectivity index (χ0n) is 12.5. The summed E-state index contributed by atoms with van der Waals surface area (Å²) in [6.45, 7) is 22.1. The van der Waals surface area contributed by atoms with Gasteiger partial charge in [-0.05, 0) is 41.5 Å². The van der Waals surface area contributed by atoms with Crippen LogP contribution in [0, 0.1) is 0 Å². The molecule has 0 N–H and O–H groups in total. The number of hydrogen-bond acceptors (Lipinski definition) is 0. The van der Waals surface area contributed by atoms with E-state index in [2.05, 4.69) is 66.9 Å². The Morgan fingerprint density at radius 2 is 1.11 bits per heavy atom. The molecule has 0 atom stereocenters. The van der Waals surface area contributed by atoms with Crippen molar-refractivity contribution in [2.45, 2.75) is 51.9 Å². The summed E-state index contributed by atoms with van der Waals surface area (Å²) in [5, 5.41) is 0.737. The fourth-order valence-corrected chi connectivity index (χ4v) is 7.85. The molecule has 112 valence electrons. The molecule has 18 heavy (non-hydrogen) atoms.